The Labute approximate surface area is 102 Å². The first-order valence-corrected chi connectivity index (χ1v) is 6.30. The molecule has 0 saturated heterocycles. The van der Waals surface area contributed by atoms with Crippen molar-refractivity contribution >= 4 is 0 Å². The number of aromatic nitrogens is 2. The van der Waals surface area contributed by atoms with Gasteiger partial charge in [0, 0.05) is 0 Å². The van der Waals surface area contributed by atoms with Crippen LogP contribution in [0.4, 0.5) is 0 Å². The number of hydrogen-bond donors (Lipinski definition) is 1. The molecule has 1 heterocycles. The van der Waals surface area contributed by atoms with Crippen LogP contribution in [0.1, 0.15) is 38.4 Å². The van der Waals surface area contributed by atoms with E-state index in [1.54, 1.807) is 0 Å². The number of hydrogen-bond acceptors (Lipinski definition) is 4. The van der Waals surface area contributed by atoms with Crippen LogP contribution in [0, 0.1) is 18.8 Å². The van der Waals surface area contributed by atoms with Crippen LogP contribution in [0.3, 0.4) is 0 Å². The third kappa shape index (κ3) is 3.66. The first-order chi connectivity index (χ1) is 8.13. The molecule has 1 aromatic heterocycles. The molecule has 1 aromatic rings. The minimum absolute atomic E-state index is 0.675. The van der Waals surface area contributed by atoms with Gasteiger partial charge < -0.3 is 9.84 Å². The second-order valence-corrected chi connectivity index (χ2v) is 5.16. The maximum absolute atomic E-state index is 5.06. The first-order valence-electron chi connectivity index (χ1n) is 6.30. The van der Waals surface area contributed by atoms with Gasteiger partial charge >= 0.3 is 0 Å². The average molecular weight is 235 g/mol. The highest BCUT2D eigenvalue weighted by Crippen LogP contribution is 2.27. The third-order valence-corrected chi connectivity index (χ3v) is 3.16. The van der Waals surface area contributed by atoms with Crippen molar-refractivity contribution in [2.24, 2.45) is 11.8 Å². The highest BCUT2D eigenvalue weighted by atomic mass is 16.5. The summed E-state index contributed by atoms with van der Waals surface area (Å²) in [5.41, 5.74) is 1.52. The van der Waals surface area contributed by atoms with Crippen molar-refractivity contribution in [2.75, 3.05) is 6.54 Å². The molecule has 1 aliphatic carbocycles. The largest absolute Gasteiger partial charge is 0.338 e. The zero-order valence-electron chi connectivity index (χ0n) is 10.9. The summed E-state index contributed by atoms with van der Waals surface area (Å²) >= 11 is 0. The monoisotopic (exact) mass is 235 g/mol. The predicted octanol–water partition coefficient (Wildman–Crippen LogP) is 2.46. The minimum atomic E-state index is 0.675. The van der Waals surface area contributed by atoms with E-state index in [1.807, 2.05) is 6.92 Å². The summed E-state index contributed by atoms with van der Waals surface area (Å²) in [4.78, 5) is 4.17. The maximum atomic E-state index is 5.06. The van der Waals surface area contributed by atoms with Gasteiger partial charge in [-0.25, -0.2) is 0 Å². The van der Waals surface area contributed by atoms with Crippen LogP contribution in [0.2, 0.25) is 0 Å². The molecule has 2 atom stereocenters. The lowest BCUT2D eigenvalue weighted by Crippen LogP contribution is -2.26. The van der Waals surface area contributed by atoms with E-state index in [1.165, 1.54) is 18.4 Å². The molecule has 0 fully saturated rings. The van der Waals surface area contributed by atoms with Crippen molar-refractivity contribution in [2.45, 2.75) is 40.2 Å². The van der Waals surface area contributed by atoms with Gasteiger partial charge in [-0.15, -0.1) is 0 Å². The molecule has 0 aromatic carbocycles. The Hall–Kier alpha value is -1.16. The molecule has 4 heteroatoms. The molecule has 0 spiro atoms. The predicted molar refractivity (Wildman–Crippen MR) is 66.4 cm³/mol. The lowest BCUT2D eigenvalue weighted by atomic mass is 9.84. The summed E-state index contributed by atoms with van der Waals surface area (Å²) in [7, 11) is 0. The summed E-state index contributed by atoms with van der Waals surface area (Å²) in [5, 5.41) is 7.17. The highest BCUT2D eigenvalue weighted by Gasteiger charge is 2.17. The van der Waals surface area contributed by atoms with Crippen molar-refractivity contribution in [3.05, 3.63) is 23.4 Å². The molecule has 1 aliphatic rings. The molecule has 2 unspecified atom stereocenters. The van der Waals surface area contributed by atoms with Crippen LogP contribution in [0.15, 0.2) is 16.2 Å². The van der Waals surface area contributed by atoms with E-state index in [9.17, 15) is 0 Å². The fraction of sp³-hybridized carbons (Fsp3) is 0.692. The van der Waals surface area contributed by atoms with Gasteiger partial charge in [0.15, 0.2) is 5.82 Å². The van der Waals surface area contributed by atoms with Gasteiger partial charge in [-0.1, -0.05) is 23.7 Å². The third-order valence-electron chi connectivity index (χ3n) is 3.16. The van der Waals surface area contributed by atoms with Crippen LogP contribution in [-0.4, -0.2) is 16.7 Å². The van der Waals surface area contributed by atoms with Gasteiger partial charge in [0.1, 0.15) is 0 Å². The second-order valence-electron chi connectivity index (χ2n) is 5.16. The number of allylic oxidation sites excluding steroid dienone is 2. The summed E-state index contributed by atoms with van der Waals surface area (Å²) in [6.45, 7) is 8.05. The fourth-order valence-corrected chi connectivity index (χ4v) is 2.64. The Morgan fingerprint density at radius 2 is 2.29 bits per heavy atom. The van der Waals surface area contributed by atoms with Crippen molar-refractivity contribution in [1.82, 2.24) is 15.5 Å². The van der Waals surface area contributed by atoms with E-state index in [-0.39, 0.29) is 0 Å². The van der Waals surface area contributed by atoms with Crippen molar-refractivity contribution in [3.63, 3.8) is 0 Å². The van der Waals surface area contributed by atoms with Gasteiger partial charge in [-0.3, -0.25) is 0 Å². The first kappa shape index (κ1) is 12.3. The van der Waals surface area contributed by atoms with Crippen LogP contribution in [-0.2, 0) is 6.54 Å². The summed E-state index contributed by atoms with van der Waals surface area (Å²) in [5.74, 6) is 2.82. The SMILES string of the molecule is CC1=CC(C)CC(CNCc2nc(C)no2)C1. The molecule has 0 bridgehead atoms. The topological polar surface area (TPSA) is 51.0 Å². The molecule has 0 radical (unpaired) electrons. The number of aryl methyl sites for hydroxylation is 1. The van der Waals surface area contributed by atoms with Crippen molar-refractivity contribution in [3.8, 4) is 0 Å². The van der Waals surface area contributed by atoms with Crippen molar-refractivity contribution < 1.29 is 4.52 Å². The molecule has 0 aliphatic heterocycles. The molecular weight excluding hydrogens is 214 g/mol. The number of nitrogens with one attached hydrogen (secondary N) is 1. The van der Waals surface area contributed by atoms with E-state index >= 15 is 0 Å². The van der Waals surface area contributed by atoms with Crippen LogP contribution in [0.25, 0.3) is 0 Å². The van der Waals surface area contributed by atoms with E-state index in [4.69, 9.17) is 4.52 Å². The Kier molecular flexibility index (Phi) is 3.94. The van der Waals surface area contributed by atoms with E-state index in [0.29, 0.717) is 24.2 Å². The Bertz CT molecular complexity index is 397. The number of rotatable bonds is 4. The molecule has 1 N–H and O–H groups in total. The normalized spacial score (nSPS) is 24.8. The average Bonchev–Trinajstić information content (AvgIpc) is 2.63. The van der Waals surface area contributed by atoms with Gasteiger partial charge in [0.2, 0.25) is 5.89 Å². The molecule has 4 nitrogen and oxygen atoms in total. The highest BCUT2D eigenvalue weighted by molar-refractivity contribution is 5.06. The van der Waals surface area contributed by atoms with Gasteiger partial charge in [0.05, 0.1) is 6.54 Å². The summed E-state index contributed by atoms with van der Waals surface area (Å²) in [6.07, 6.45) is 4.87. The maximum Gasteiger partial charge on any atom is 0.240 e. The van der Waals surface area contributed by atoms with Crippen LogP contribution >= 0.6 is 0 Å². The molecular formula is C13H21N3O. The zero-order valence-corrected chi connectivity index (χ0v) is 10.9. The van der Waals surface area contributed by atoms with Crippen LogP contribution in [0.5, 0.6) is 0 Å². The van der Waals surface area contributed by atoms with E-state index < -0.39 is 0 Å². The molecule has 17 heavy (non-hydrogen) atoms. The van der Waals surface area contributed by atoms with Gasteiger partial charge in [-0.2, -0.15) is 4.98 Å². The quantitative estimate of drug-likeness (QED) is 0.814. The van der Waals surface area contributed by atoms with E-state index in [0.717, 1.165) is 12.5 Å². The summed E-state index contributed by atoms with van der Waals surface area (Å²) in [6, 6.07) is 0. The Morgan fingerprint density at radius 1 is 1.47 bits per heavy atom. The zero-order chi connectivity index (χ0) is 12.3. The molecule has 94 valence electrons. The Balaban J connectivity index is 1.74. The van der Waals surface area contributed by atoms with E-state index in [2.05, 4.69) is 35.4 Å². The Morgan fingerprint density at radius 3 is 2.94 bits per heavy atom. The lowest BCUT2D eigenvalue weighted by molar-refractivity contribution is 0.342. The fourth-order valence-electron chi connectivity index (χ4n) is 2.64. The van der Waals surface area contributed by atoms with Crippen LogP contribution < -0.4 is 5.32 Å². The van der Waals surface area contributed by atoms with Crippen molar-refractivity contribution in [1.29, 1.82) is 0 Å². The second kappa shape index (κ2) is 5.45. The number of nitrogens with zero attached hydrogens (tertiary/aromatic N) is 2. The summed E-state index contributed by atoms with van der Waals surface area (Å²) < 4.78 is 5.06. The molecule has 0 saturated carbocycles. The molecule has 0 amide bonds. The van der Waals surface area contributed by atoms with Gasteiger partial charge in [-0.05, 0) is 45.1 Å². The molecule has 2 rings (SSSR count). The van der Waals surface area contributed by atoms with Gasteiger partial charge in [0.25, 0.3) is 0 Å². The minimum Gasteiger partial charge on any atom is -0.338 e. The standard InChI is InChI=1S/C13H21N3O/c1-9-4-10(2)6-12(5-9)7-14-8-13-15-11(3)16-17-13/h4,9,12,14H,5-8H2,1-3H3. The smallest absolute Gasteiger partial charge is 0.240 e. The lowest BCUT2D eigenvalue weighted by Gasteiger charge is -2.25.